The van der Waals surface area contributed by atoms with Crippen LogP contribution in [0.3, 0.4) is 0 Å². The van der Waals surface area contributed by atoms with E-state index in [9.17, 15) is 0 Å². The molecule has 6 heteroatoms. The number of hydrogen-bond acceptors (Lipinski definition) is 6. The van der Waals surface area contributed by atoms with Crippen molar-refractivity contribution in [1.82, 2.24) is 10.2 Å². The van der Waals surface area contributed by atoms with E-state index in [2.05, 4.69) is 56.9 Å². The van der Waals surface area contributed by atoms with Crippen molar-refractivity contribution in [3.05, 3.63) is 52.6 Å². The molecule has 1 aromatic heterocycles. The van der Waals surface area contributed by atoms with Crippen LogP contribution in [0.25, 0.3) is 11.5 Å². The van der Waals surface area contributed by atoms with Crippen LogP contribution in [0.5, 0.6) is 11.5 Å². The number of hydrogen-bond donors (Lipinski definition) is 0. The van der Waals surface area contributed by atoms with Crippen molar-refractivity contribution in [2.75, 3.05) is 14.2 Å². The maximum Gasteiger partial charge on any atom is 0.277 e. The normalized spacial score (nSPS) is 11.6. The molecule has 0 aliphatic carbocycles. The zero-order valence-electron chi connectivity index (χ0n) is 18.1. The molecule has 0 saturated carbocycles. The molecule has 0 N–H and O–H groups in total. The van der Waals surface area contributed by atoms with Gasteiger partial charge < -0.3 is 13.9 Å². The summed E-state index contributed by atoms with van der Waals surface area (Å²) >= 11 is 1.55. The Morgan fingerprint density at radius 1 is 0.931 bits per heavy atom. The van der Waals surface area contributed by atoms with Crippen LogP contribution in [0.4, 0.5) is 0 Å². The van der Waals surface area contributed by atoms with Crippen LogP contribution in [0.1, 0.15) is 43.0 Å². The Morgan fingerprint density at radius 2 is 1.59 bits per heavy atom. The number of benzene rings is 2. The summed E-state index contributed by atoms with van der Waals surface area (Å²) in [7, 11) is 3.21. The molecular formula is C23H28N2O3S. The van der Waals surface area contributed by atoms with E-state index in [0.717, 1.165) is 11.3 Å². The van der Waals surface area contributed by atoms with Crippen molar-refractivity contribution in [3.8, 4) is 23.0 Å². The fraction of sp³-hybridized carbons (Fsp3) is 0.391. The van der Waals surface area contributed by atoms with Crippen LogP contribution < -0.4 is 9.47 Å². The second-order valence-electron chi connectivity index (χ2n) is 8.07. The SMILES string of the molecule is COc1ccc(-c2nnc(SCc3c(C)cc(C(C)(C)C)cc3C)o2)cc1OC. The highest BCUT2D eigenvalue weighted by Crippen LogP contribution is 2.34. The van der Waals surface area contributed by atoms with E-state index >= 15 is 0 Å². The van der Waals surface area contributed by atoms with E-state index in [1.165, 1.54) is 22.3 Å². The first-order valence-corrected chi connectivity index (χ1v) is 10.5. The molecule has 0 aliphatic rings. The number of rotatable bonds is 6. The molecule has 0 spiro atoms. The number of nitrogens with zero attached hydrogens (tertiary/aromatic N) is 2. The fourth-order valence-corrected chi connectivity index (χ4v) is 4.10. The second kappa shape index (κ2) is 8.49. The Balaban J connectivity index is 1.76. The first kappa shape index (κ1) is 21.2. The number of aromatic nitrogens is 2. The van der Waals surface area contributed by atoms with E-state index in [0.29, 0.717) is 22.6 Å². The molecule has 0 fully saturated rings. The summed E-state index contributed by atoms with van der Waals surface area (Å²) < 4.78 is 16.5. The fourth-order valence-electron chi connectivity index (χ4n) is 3.14. The summed E-state index contributed by atoms with van der Waals surface area (Å²) in [6.45, 7) is 11.1. The highest BCUT2D eigenvalue weighted by molar-refractivity contribution is 7.98. The molecule has 0 atom stereocenters. The van der Waals surface area contributed by atoms with Gasteiger partial charge in [-0.15, -0.1) is 10.2 Å². The third kappa shape index (κ3) is 4.75. The van der Waals surface area contributed by atoms with Gasteiger partial charge in [-0.25, -0.2) is 0 Å². The van der Waals surface area contributed by atoms with Gasteiger partial charge in [0.25, 0.3) is 5.22 Å². The maximum absolute atomic E-state index is 5.87. The van der Waals surface area contributed by atoms with Crippen molar-refractivity contribution >= 4 is 11.8 Å². The summed E-state index contributed by atoms with van der Waals surface area (Å²) in [5.41, 5.74) is 6.19. The average molecular weight is 413 g/mol. The van der Waals surface area contributed by atoms with Crippen molar-refractivity contribution in [2.45, 2.75) is 51.0 Å². The van der Waals surface area contributed by atoms with E-state index in [1.807, 2.05) is 18.2 Å². The molecular weight excluding hydrogens is 384 g/mol. The van der Waals surface area contributed by atoms with Crippen LogP contribution in [0.15, 0.2) is 40.0 Å². The van der Waals surface area contributed by atoms with Gasteiger partial charge >= 0.3 is 0 Å². The minimum absolute atomic E-state index is 0.141. The van der Waals surface area contributed by atoms with Gasteiger partial charge in [-0.2, -0.15) is 0 Å². The number of aryl methyl sites for hydroxylation is 2. The highest BCUT2D eigenvalue weighted by atomic mass is 32.2. The van der Waals surface area contributed by atoms with E-state index in [4.69, 9.17) is 13.9 Å². The summed E-state index contributed by atoms with van der Waals surface area (Å²) in [6.07, 6.45) is 0. The predicted molar refractivity (Wildman–Crippen MR) is 117 cm³/mol. The van der Waals surface area contributed by atoms with Crippen LogP contribution in [-0.2, 0) is 11.2 Å². The predicted octanol–water partition coefficient (Wildman–Crippen LogP) is 5.96. The zero-order valence-corrected chi connectivity index (χ0v) is 18.9. The third-order valence-corrected chi connectivity index (χ3v) is 5.78. The van der Waals surface area contributed by atoms with Crippen molar-refractivity contribution < 1.29 is 13.9 Å². The molecule has 3 rings (SSSR count). The average Bonchev–Trinajstić information content (AvgIpc) is 3.15. The van der Waals surface area contributed by atoms with Crippen LogP contribution in [0.2, 0.25) is 0 Å². The van der Waals surface area contributed by atoms with Gasteiger partial charge in [-0.1, -0.05) is 44.7 Å². The lowest BCUT2D eigenvalue weighted by Gasteiger charge is -2.22. The van der Waals surface area contributed by atoms with Gasteiger partial charge in [-0.3, -0.25) is 0 Å². The largest absolute Gasteiger partial charge is 0.493 e. The zero-order chi connectivity index (χ0) is 21.2. The lowest BCUT2D eigenvalue weighted by molar-refractivity contribution is 0.355. The molecule has 0 aliphatic heterocycles. The monoisotopic (exact) mass is 412 g/mol. The first-order valence-electron chi connectivity index (χ1n) is 9.52. The van der Waals surface area contributed by atoms with Gasteiger partial charge in [0.2, 0.25) is 5.89 Å². The Kier molecular flexibility index (Phi) is 6.22. The number of ether oxygens (including phenoxy) is 2. The summed E-state index contributed by atoms with van der Waals surface area (Å²) in [5.74, 6) is 2.54. The molecule has 1 heterocycles. The lowest BCUT2D eigenvalue weighted by Crippen LogP contribution is -2.12. The van der Waals surface area contributed by atoms with Gasteiger partial charge in [0.1, 0.15) is 0 Å². The molecule has 0 unspecified atom stereocenters. The number of methoxy groups -OCH3 is 2. The molecule has 29 heavy (non-hydrogen) atoms. The minimum atomic E-state index is 0.141. The summed E-state index contributed by atoms with van der Waals surface area (Å²) in [6, 6.07) is 10.1. The molecule has 0 bridgehead atoms. The molecule has 0 radical (unpaired) electrons. The van der Waals surface area contributed by atoms with Crippen molar-refractivity contribution in [2.24, 2.45) is 0 Å². The molecule has 154 valence electrons. The van der Waals surface area contributed by atoms with Gasteiger partial charge in [0, 0.05) is 11.3 Å². The highest BCUT2D eigenvalue weighted by Gasteiger charge is 2.17. The van der Waals surface area contributed by atoms with Crippen molar-refractivity contribution in [1.29, 1.82) is 0 Å². The quantitative estimate of drug-likeness (QED) is 0.466. The minimum Gasteiger partial charge on any atom is -0.493 e. The summed E-state index contributed by atoms with van der Waals surface area (Å²) in [5, 5.41) is 8.93. The van der Waals surface area contributed by atoms with Crippen molar-refractivity contribution in [3.63, 3.8) is 0 Å². The standard InChI is InChI=1S/C23H28N2O3S/c1-14-10-17(23(3,4)5)11-15(2)18(14)13-29-22-25-24-21(28-22)16-8-9-19(26-6)20(12-16)27-7/h8-12H,13H2,1-7H3. The van der Waals surface area contributed by atoms with Gasteiger partial charge in [0.15, 0.2) is 11.5 Å². The maximum atomic E-state index is 5.87. The molecule has 3 aromatic rings. The smallest absolute Gasteiger partial charge is 0.277 e. The van der Waals surface area contributed by atoms with Gasteiger partial charge in [0.05, 0.1) is 14.2 Å². The van der Waals surface area contributed by atoms with Gasteiger partial charge in [-0.05, 0) is 59.7 Å². The Labute approximate surface area is 176 Å². The second-order valence-corrected chi connectivity index (χ2v) is 9.00. The first-order chi connectivity index (χ1) is 13.7. The third-order valence-electron chi connectivity index (χ3n) is 4.94. The Hall–Kier alpha value is -2.47. The molecule has 2 aromatic carbocycles. The van der Waals surface area contributed by atoms with E-state index in [-0.39, 0.29) is 5.41 Å². The van der Waals surface area contributed by atoms with E-state index in [1.54, 1.807) is 26.0 Å². The van der Waals surface area contributed by atoms with Crippen LogP contribution >= 0.6 is 11.8 Å². The van der Waals surface area contributed by atoms with Crippen LogP contribution in [0, 0.1) is 13.8 Å². The molecule has 0 amide bonds. The Bertz CT molecular complexity index is 983. The Morgan fingerprint density at radius 3 is 2.17 bits per heavy atom. The lowest BCUT2D eigenvalue weighted by atomic mass is 9.84. The topological polar surface area (TPSA) is 57.4 Å². The molecule has 0 saturated heterocycles. The number of thioether (sulfide) groups is 1. The summed E-state index contributed by atoms with van der Waals surface area (Å²) in [4.78, 5) is 0. The van der Waals surface area contributed by atoms with E-state index < -0.39 is 0 Å². The van der Waals surface area contributed by atoms with Crippen LogP contribution in [-0.4, -0.2) is 24.4 Å². The molecule has 5 nitrogen and oxygen atoms in total.